The van der Waals surface area contributed by atoms with Crippen molar-refractivity contribution < 1.29 is 13.3 Å². The van der Waals surface area contributed by atoms with Crippen LogP contribution in [0.1, 0.15) is 74.9 Å². The summed E-state index contributed by atoms with van der Waals surface area (Å²) in [5.41, 5.74) is 44.1. The van der Waals surface area contributed by atoms with Gasteiger partial charge in [-0.1, -0.05) is 339 Å². The van der Waals surface area contributed by atoms with E-state index in [1.165, 1.54) is 144 Å². The average Bonchev–Trinajstić information content (AvgIpc) is 1.57. The molecule has 26 rings (SSSR count). The number of nitrogens with zero attached hydrogens (tertiary/aromatic N) is 2. The normalized spacial score (nSPS) is 13.4. The van der Waals surface area contributed by atoms with Gasteiger partial charge < -0.3 is 23.1 Å². The van der Waals surface area contributed by atoms with Crippen molar-refractivity contribution in [2.45, 2.75) is 57.8 Å². The number of fused-ring (bicyclic) bond motifs is 19. The summed E-state index contributed by atoms with van der Waals surface area (Å²) in [7, 11) is 0. The molecule has 3 aliphatic rings. The fourth-order valence-corrected chi connectivity index (χ4v) is 21.7. The zero-order valence-electron chi connectivity index (χ0n) is 74.2. The number of hydrogen-bond acceptors (Lipinski definition) is 5. The van der Waals surface area contributed by atoms with Crippen LogP contribution in [0.2, 0.25) is 0 Å². The molecule has 626 valence electrons. The maximum atomic E-state index is 6.46. The number of furan rings is 3. The van der Waals surface area contributed by atoms with E-state index in [0.29, 0.717) is 0 Å². The van der Waals surface area contributed by atoms with Crippen molar-refractivity contribution in [1.82, 2.24) is 0 Å². The lowest BCUT2D eigenvalue weighted by Crippen LogP contribution is -2.18. The molecule has 0 bridgehead atoms. The number of benzene rings is 20. The highest BCUT2D eigenvalue weighted by Gasteiger charge is 2.41. The van der Waals surface area contributed by atoms with Crippen LogP contribution in [0, 0.1) is 0 Å². The highest BCUT2D eigenvalue weighted by atomic mass is 16.3. The van der Waals surface area contributed by atoms with Gasteiger partial charge in [0.25, 0.3) is 0 Å². The summed E-state index contributed by atoms with van der Waals surface area (Å²) in [5, 5.41) is 9.38. The minimum atomic E-state index is -0.236. The molecular formula is C127H90N2O3. The number of anilines is 6. The summed E-state index contributed by atoms with van der Waals surface area (Å²) in [6.45, 7) is 14.3. The first-order valence-corrected chi connectivity index (χ1v) is 45.9. The highest BCUT2D eigenvalue weighted by molar-refractivity contribution is 6.11. The molecule has 23 aromatic rings. The van der Waals surface area contributed by atoms with Crippen LogP contribution in [0.3, 0.4) is 0 Å². The molecule has 3 aromatic heterocycles. The molecule has 0 atom stereocenters. The van der Waals surface area contributed by atoms with Crippen molar-refractivity contribution in [2.24, 2.45) is 0 Å². The monoisotopic (exact) mass is 1690 g/mol. The molecule has 3 aliphatic carbocycles. The molecule has 0 saturated carbocycles. The first-order chi connectivity index (χ1) is 64.6. The quantitative estimate of drug-likeness (QED) is 0.115. The van der Waals surface area contributed by atoms with Gasteiger partial charge in [0.1, 0.15) is 33.5 Å². The lowest BCUT2D eigenvalue weighted by Gasteiger charge is -2.30. The van der Waals surface area contributed by atoms with Crippen molar-refractivity contribution in [3.63, 3.8) is 0 Å². The molecule has 3 heterocycles. The molecule has 132 heavy (non-hydrogen) atoms. The summed E-state index contributed by atoms with van der Waals surface area (Å²) >= 11 is 0. The van der Waals surface area contributed by atoms with Gasteiger partial charge in [-0.3, -0.25) is 0 Å². The molecule has 0 aliphatic heterocycles. The van der Waals surface area contributed by atoms with Gasteiger partial charge in [-0.05, 0) is 289 Å². The molecule has 5 heteroatoms. The van der Waals surface area contributed by atoms with Gasteiger partial charge in [-0.15, -0.1) is 0 Å². The summed E-state index contributed by atoms with van der Waals surface area (Å²) < 4.78 is 18.8. The topological polar surface area (TPSA) is 45.9 Å². The van der Waals surface area contributed by atoms with Crippen molar-refractivity contribution in [2.75, 3.05) is 9.80 Å². The van der Waals surface area contributed by atoms with Crippen molar-refractivity contribution in [1.29, 1.82) is 0 Å². The lowest BCUT2D eigenvalue weighted by atomic mass is 9.81. The van der Waals surface area contributed by atoms with Crippen LogP contribution in [-0.2, 0) is 16.2 Å². The third-order valence-corrected chi connectivity index (χ3v) is 28.8. The minimum absolute atomic E-state index is 0.204. The Kier molecular flexibility index (Phi) is 18.0. The van der Waals surface area contributed by atoms with Crippen LogP contribution in [0.15, 0.2) is 450 Å². The number of hydrogen-bond donors (Lipinski definition) is 0. The second-order valence-corrected chi connectivity index (χ2v) is 37.4. The van der Waals surface area contributed by atoms with Gasteiger partial charge in [0.05, 0.1) is 0 Å². The second-order valence-electron chi connectivity index (χ2n) is 37.4. The van der Waals surface area contributed by atoms with Crippen LogP contribution >= 0.6 is 0 Å². The van der Waals surface area contributed by atoms with Gasteiger partial charge in [-0.2, -0.15) is 0 Å². The summed E-state index contributed by atoms with van der Waals surface area (Å²) in [4.78, 5) is 4.85. The predicted octanol–water partition coefficient (Wildman–Crippen LogP) is 35.8. The van der Waals surface area contributed by atoms with Gasteiger partial charge in [0.2, 0.25) is 0 Å². The fraction of sp³-hybridized carbons (Fsp3) is 0.0709. The molecule has 0 N–H and O–H groups in total. The fourth-order valence-electron chi connectivity index (χ4n) is 21.7. The van der Waals surface area contributed by atoms with Crippen LogP contribution in [0.4, 0.5) is 34.1 Å². The van der Waals surface area contributed by atoms with E-state index < -0.39 is 0 Å². The van der Waals surface area contributed by atoms with E-state index >= 15 is 0 Å². The predicted molar refractivity (Wildman–Crippen MR) is 552 cm³/mol. The number of rotatable bonds is 13. The average molecular weight is 1690 g/mol. The first-order valence-electron chi connectivity index (χ1n) is 45.9. The SMILES string of the molecule is CC1(C)c2cc(-c3ccc4ccccc4c3)ccc2-c2ccc(N(c3ccc(-c4ccc(-c5ccccc5)cc4)cc3)c3ccc(-c4cccc5c4oc4ccccc45)cc3)cc21.CC1(C)c2cc(-c3ccc4oc5ccccc5c4c3)ccc2-c2ccc(N(c3ccc(-c4ccccc4)cc3)c3ccc4c(c3)C(C)(C)c3cc(-c5ccc6oc7ccccc7c6c5)ccc3-4)cc21. The minimum Gasteiger partial charge on any atom is -0.456 e. The Morgan fingerprint density at radius 1 is 0.159 bits per heavy atom. The second kappa shape index (κ2) is 30.4. The van der Waals surface area contributed by atoms with Crippen molar-refractivity contribution in [3.05, 3.63) is 470 Å². The Morgan fingerprint density at radius 3 is 0.856 bits per heavy atom. The Labute approximate surface area is 767 Å². The third-order valence-electron chi connectivity index (χ3n) is 28.8. The third kappa shape index (κ3) is 12.9. The Morgan fingerprint density at radius 2 is 0.432 bits per heavy atom. The largest absolute Gasteiger partial charge is 0.456 e. The Bertz CT molecular complexity index is 8350. The maximum Gasteiger partial charge on any atom is 0.143 e. The Hall–Kier alpha value is -16.3. The van der Waals surface area contributed by atoms with Crippen molar-refractivity contribution in [3.8, 4) is 111 Å². The number of para-hydroxylation sites is 4. The molecule has 0 saturated heterocycles. The van der Waals surface area contributed by atoms with E-state index in [2.05, 4.69) is 452 Å². The zero-order chi connectivity index (χ0) is 88.2. The van der Waals surface area contributed by atoms with E-state index in [9.17, 15) is 0 Å². The Balaban J connectivity index is 0.000000142. The zero-order valence-corrected chi connectivity index (χ0v) is 74.2. The highest BCUT2D eigenvalue weighted by Crippen LogP contribution is 2.57. The van der Waals surface area contributed by atoms with Gasteiger partial charge >= 0.3 is 0 Å². The summed E-state index contributed by atoms with van der Waals surface area (Å²) in [6, 6.07) is 159. The molecule has 0 amide bonds. The standard InChI is InChI=1S/C66H47NO2.C61H43NO/c1-65(2)57-36-44(42-22-32-63-55(34-42)53-14-8-10-16-61(53)68-63)20-28-49(57)51-30-26-47(38-59(51)65)67(46-24-18-41(19-25-46)40-12-6-5-7-13-40)48-27-31-52-50-29-21-45(37-58(50)66(3,4)60(52)39-48)43-23-33-64-56(35-43)54-15-9-11-17-62(54)69-64;1-61(2)57-38-48(47-24-23-41-13-6-7-14-46(41)37-47)29-35-53(57)54-36-34-51(39-58(54)61)62(49-30-25-44(26-31-49)43-21-19-42(20-22-43)40-11-4-3-5-12-40)50-32-27-45(28-33-50)52-16-10-17-56-55-15-8-9-18-59(55)63-60(52)56/h5-39H,1-4H3;3-39H,1-2H3. The van der Waals surface area contributed by atoms with Gasteiger partial charge in [0.15, 0.2) is 0 Å². The van der Waals surface area contributed by atoms with Gasteiger partial charge in [-0.25, -0.2) is 0 Å². The molecule has 20 aromatic carbocycles. The van der Waals surface area contributed by atoms with Crippen LogP contribution in [0.25, 0.3) is 188 Å². The summed E-state index contributed by atoms with van der Waals surface area (Å²) in [6.07, 6.45) is 0. The first kappa shape index (κ1) is 78.0. The molecule has 0 unspecified atom stereocenters. The van der Waals surface area contributed by atoms with E-state index in [1.54, 1.807) is 0 Å². The van der Waals surface area contributed by atoms with Crippen LogP contribution < -0.4 is 9.80 Å². The van der Waals surface area contributed by atoms with E-state index in [-0.39, 0.29) is 16.2 Å². The smallest absolute Gasteiger partial charge is 0.143 e. The van der Waals surface area contributed by atoms with Crippen LogP contribution in [0.5, 0.6) is 0 Å². The van der Waals surface area contributed by atoms with E-state index in [4.69, 9.17) is 13.3 Å². The van der Waals surface area contributed by atoms with Crippen LogP contribution in [-0.4, -0.2) is 0 Å². The maximum absolute atomic E-state index is 6.46. The molecule has 0 spiro atoms. The molecule has 0 fully saturated rings. The van der Waals surface area contributed by atoms with Gasteiger partial charge in [0, 0.05) is 88.3 Å². The summed E-state index contributed by atoms with van der Waals surface area (Å²) in [5.74, 6) is 0. The molecule has 5 nitrogen and oxygen atoms in total. The molecular weight excluding hydrogens is 1600 g/mol. The van der Waals surface area contributed by atoms with E-state index in [1.807, 2.05) is 36.4 Å². The molecule has 0 radical (unpaired) electrons. The van der Waals surface area contributed by atoms with Crippen molar-refractivity contribution >= 4 is 111 Å². The van der Waals surface area contributed by atoms with E-state index in [0.717, 1.165) is 111 Å². The lowest BCUT2D eigenvalue weighted by molar-refractivity contribution is 0.660.